The van der Waals surface area contributed by atoms with E-state index in [1.165, 1.54) is 6.08 Å². The summed E-state index contributed by atoms with van der Waals surface area (Å²) in [6.45, 7) is 0. The zero-order valence-corrected chi connectivity index (χ0v) is 6.60. The van der Waals surface area contributed by atoms with Crippen molar-refractivity contribution in [3.8, 4) is 0 Å². The number of rotatable bonds is 1. The largest absolute Gasteiger partial charge is 0.478 e. The van der Waals surface area contributed by atoms with Crippen molar-refractivity contribution in [3.63, 3.8) is 0 Å². The molecule has 0 bridgehead atoms. The first-order valence-electron chi connectivity index (χ1n) is 3.74. The number of carboxylic acid groups (broad SMARTS) is 1. The van der Waals surface area contributed by atoms with Crippen molar-refractivity contribution in [2.45, 2.75) is 12.5 Å². The van der Waals surface area contributed by atoms with Crippen LogP contribution in [0.15, 0.2) is 36.0 Å². The van der Waals surface area contributed by atoms with E-state index in [0.717, 1.165) is 0 Å². The average molecular weight is 165 g/mol. The van der Waals surface area contributed by atoms with E-state index in [1.807, 2.05) is 0 Å². The number of carboxylic acids is 1. The van der Waals surface area contributed by atoms with Crippen molar-refractivity contribution >= 4 is 5.97 Å². The Bertz CT molecular complexity index is 264. The van der Waals surface area contributed by atoms with E-state index in [2.05, 4.69) is 0 Å². The van der Waals surface area contributed by atoms with Gasteiger partial charge in [-0.25, -0.2) is 4.79 Å². The average Bonchev–Trinajstić information content (AvgIpc) is 1.95. The van der Waals surface area contributed by atoms with Crippen LogP contribution in [0.1, 0.15) is 6.42 Å². The van der Waals surface area contributed by atoms with Crippen molar-refractivity contribution in [1.82, 2.24) is 0 Å². The molecule has 0 unspecified atom stereocenters. The van der Waals surface area contributed by atoms with Crippen LogP contribution in [-0.4, -0.2) is 17.1 Å². The molecule has 3 N–H and O–H groups in total. The Morgan fingerprint density at radius 2 is 2.42 bits per heavy atom. The van der Waals surface area contributed by atoms with E-state index >= 15 is 0 Å². The van der Waals surface area contributed by atoms with E-state index in [9.17, 15) is 4.79 Å². The highest BCUT2D eigenvalue weighted by molar-refractivity contribution is 5.90. The van der Waals surface area contributed by atoms with Gasteiger partial charge in [-0.15, -0.1) is 0 Å². The first kappa shape index (κ1) is 8.74. The second-order valence-corrected chi connectivity index (χ2v) is 2.61. The molecule has 1 atom stereocenters. The SMILES string of the molecule is N[C@@H]1C=CC=C(C(=O)O)C=CC1. The quantitative estimate of drug-likeness (QED) is 0.605. The minimum atomic E-state index is -0.911. The standard InChI is InChI=1S/C9H11NO2/c10-8-5-1-3-7(9(11)12)4-2-6-8/h1-5,8H,6,10H2,(H,11,12)/t8-/m1/s1. The molecule has 0 heterocycles. The molecule has 1 aliphatic rings. The minimum absolute atomic E-state index is 0.00663. The lowest BCUT2D eigenvalue weighted by Gasteiger charge is -2.03. The van der Waals surface area contributed by atoms with Crippen LogP contribution < -0.4 is 5.73 Å². The Morgan fingerprint density at radius 1 is 1.67 bits per heavy atom. The lowest BCUT2D eigenvalue weighted by Crippen LogP contribution is -2.15. The summed E-state index contributed by atoms with van der Waals surface area (Å²) in [6.07, 6.45) is 9.03. The van der Waals surface area contributed by atoms with E-state index in [4.69, 9.17) is 10.8 Å². The maximum absolute atomic E-state index is 10.5. The molecular weight excluding hydrogens is 154 g/mol. The van der Waals surface area contributed by atoms with Crippen molar-refractivity contribution in [1.29, 1.82) is 0 Å². The third kappa shape index (κ3) is 2.36. The van der Waals surface area contributed by atoms with Crippen LogP contribution >= 0.6 is 0 Å². The van der Waals surface area contributed by atoms with Gasteiger partial charge in [0.2, 0.25) is 0 Å². The molecule has 0 aromatic carbocycles. The highest BCUT2D eigenvalue weighted by Gasteiger charge is 2.03. The molecule has 0 aromatic rings. The van der Waals surface area contributed by atoms with Gasteiger partial charge < -0.3 is 10.8 Å². The van der Waals surface area contributed by atoms with Crippen LogP contribution in [0.4, 0.5) is 0 Å². The lowest BCUT2D eigenvalue weighted by atomic mass is 10.1. The summed E-state index contributed by atoms with van der Waals surface area (Å²) in [5.41, 5.74) is 5.90. The number of hydrogen-bond acceptors (Lipinski definition) is 2. The fourth-order valence-electron chi connectivity index (χ4n) is 0.931. The lowest BCUT2D eigenvalue weighted by molar-refractivity contribution is -0.132. The van der Waals surface area contributed by atoms with E-state index in [1.54, 1.807) is 24.3 Å². The molecule has 0 saturated heterocycles. The Kier molecular flexibility index (Phi) is 2.82. The topological polar surface area (TPSA) is 63.3 Å². The van der Waals surface area contributed by atoms with Gasteiger partial charge in [0.15, 0.2) is 0 Å². The van der Waals surface area contributed by atoms with Crippen molar-refractivity contribution < 1.29 is 9.90 Å². The van der Waals surface area contributed by atoms with Gasteiger partial charge in [0, 0.05) is 6.04 Å². The van der Waals surface area contributed by atoms with Gasteiger partial charge in [-0.1, -0.05) is 24.3 Å². The smallest absolute Gasteiger partial charge is 0.335 e. The monoisotopic (exact) mass is 165 g/mol. The summed E-state index contributed by atoms with van der Waals surface area (Å²) in [5, 5.41) is 8.64. The molecule has 0 saturated carbocycles. The zero-order valence-electron chi connectivity index (χ0n) is 6.60. The summed E-state index contributed by atoms with van der Waals surface area (Å²) in [4.78, 5) is 10.5. The van der Waals surface area contributed by atoms with E-state index < -0.39 is 5.97 Å². The molecule has 0 aliphatic heterocycles. The molecule has 64 valence electrons. The van der Waals surface area contributed by atoms with Gasteiger partial charge in [-0.2, -0.15) is 0 Å². The molecule has 3 nitrogen and oxygen atoms in total. The third-order valence-electron chi connectivity index (χ3n) is 1.59. The Balaban J connectivity index is 2.82. The van der Waals surface area contributed by atoms with Crippen LogP contribution in [0.5, 0.6) is 0 Å². The normalized spacial score (nSPS) is 22.8. The van der Waals surface area contributed by atoms with Crippen LogP contribution in [-0.2, 0) is 4.79 Å². The van der Waals surface area contributed by atoms with Gasteiger partial charge in [-0.3, -0.25) is 0 Å². The third-order valence-corrected chi connectivity index (χ3v) is 1.59. The molecule has 0 radical (unpaired) electrons. The molecule has 0 amide bonds. The minimum Gasteiger partial charge on any atom is -0.478 e. The summed E-state index contributed by atoms with van der Waals surface area (Å²) in [7, 11) is 0. The molecule has 12 heavy (non-hydrogen) atoms. The summed E-state index contributed by atoms with van der Waals surface area (Å²) < 4.78 is 0. The maximum atomic E-state index is 10.5. The second kappa shape index (κ2) is 3.88. The summed E-state index contributed by atoms with van der Waals surface area (Å²) >= 11 is 0. The summed E-state index contributed by atoms with van der Waals surface area (Å²) in [5.74, 6) is -0.911. The molecule has 0 aromatic heterocycles. The molecule has 1 aliphatic carbocycles. The fourth-order valence-corrected chi connectivity index (χ4v) is 0.931. The van der Waals surface area contributed by atoms with Gasteiger partial charge in [-0.05, 0) is 12.5 Å². The highest BCUT2D eigenvalue weighted by atomic mass is 16.4. The molecule has 0 fully saturated rings. The van der Waals surface area contributed by atoms with Gasteiger partial charge >= 0.3 is 5.97 Å². The molecule has 0 spiro atoms. The number of carbonyl (C=O) groups is 1. The number of aliphatic carboxylic acids is 1. The van der Waals surface area contributed by atoms with E-state index in [0.29, 0.717) is 6.42 Å². The second-order valence-electron chi connectivity index (χ2n) is 2.61. The van der Waals surface area contributed by atoms with Crippen LogP contribution in [0, 0.1) is 0 Å². The fraction of sp³-hybridized carbons (Fsp3) is 0.222. The molecule has 1 rings (SSSR count). The van der Waals surface area contributed by atoms with Gasteiger partial charge in [0.25, 0.3) is 0 Å². The Labute approximate surface area is 70.9 Å². The predicted molar refractivity (Wildman–Crippen MR) is 46.6 cm³/mol. The molecular formula is C9H11NO2. The van der Waals surface area contributed by atoms with Gasteiger partial charge in [0.05, 0.1) is 5.57 Å². The van der Waals surface area contributed by atoms with Crippen molar-refractivity contribution in [2.24, 2.45) is 5.73 Å². The van der Waals surface area contributed by atoms with Crippen molar-refractivity contribution in [3.05, 3.63) is 36.0 Å². The predicted octanol–water partition coefficient (Wildman–Crippen LogP) is 0.841. The number of allylic oxidation sites excluding steroid dienone is 2. The van der Waals surface area contributed by atoms with Gasteiger partial charge in [0.1, 0.15) is 0 Å². The Hall–Kier alpha value is -1.35. The molecule has 3 heteroatoms. The first-order chi connectivity index (χ1) is 5.70. The van der Waals surface area contributed by atoms with Crippen LogP contribution in [0.3, 0.4) is 0 Å². The van der Waals surface area contributed by atoms with Crippen LogP contribution in [0.2, 0.25) is 0 Å². The summed E-state index contributed by atoms with van der Waals surface area (Å²) in [6, 6.07) is -0.00663. The highest BCUT2D eigenvalue weighted by Crippen LogP contribution is 2.04. The first-order valence-corrected chi connectivity index (χ1v) is 3.74. The van der Waals surface area contributed by atoms with Crippen molar-refractivity contribution in [2.75, 3.05) is 0 Å². The van der Waals surface area contributed by atoms with E-state index in [-0.39, 0.29) is 11.6 Å². The number of hydrogen-bond donors (Lipinski definition) is 2. The number of nitrogens with two attached hydrogens (primary N) is 1. The zero-order chi connectivity index (χ0) is 8.97. The van der Waals surface area contributed by atoms with Crippen LogP contribution in [0.25, 0.3) is 0 Å². The maximum Gasteiger partial charge on any atom is 0.335 e. The Morgan fingerprint density at radius 3 is 3.08 bits per heavy atom.